The van der Waals surface area contributed by atoms with Crippen molar-refractivity contribution in [3.05, 3.63) is 43.4 Å². The van der Waals surface area contributed by atoms with Crippen LogP contribution in [0, 0.1) is 2.88 Å². The van der Waals surface area contributed by atoms with E-state index in [9.17, 15) is 13.2 Å². The Bertz CT molecular complexity index is 670. The highest BCUT2D eigenvalue weighted by Crippen LogP contribution is 2.38. The summed E-state index contributed by atoms with van der Waals surface area (Å²) in [5, 5.41) is 0.443. The summed E-state index contributed by atoms with van der Waals surface area (Å²) in [7, 11) is 0. The van der Waals surface area contributed by atoms with E-state index in [1.165, 1.54) is 0 Å². The normalized spacial score (nSPS) is 12.8. The van der Waals surface area contributed by atoms with E-state index in [4.69, 9.17) is 23.2 Å². The first-order valence-corrected chi connectivity index (χ1v) is 7.66. The number of hydrogen-bond donors (Lipinski definition) is 0. The number of rotatable bonds is 2. The minimum Gasteiger partial charge on any atom is -0.213 e. The van der Waals surface area contributed by atoms with E-state index in [2.05, 4.69) is 9.98 Å². The summed E-state index contributed by atoms with van der Waals surface area (Å²) in [4.78, 5) is 7.34. The standard InChI is InChI=1S/C11H4Cl2F3IN2S/c12-6-3-1-2-5(4-6)8(13)19-10-18-7(9(17)20-10)11(14,15)16/h1-4H. The molecule has 0 N–H and O–H groups in total. The second-order valence-corrected chi connectivity index (χ2v) is 7.11. The maximum absolute atomic E-state index is 12.6. The van der Waals surface area contributed by atoms with E-state index in [-0.39, 0.29) is 13.2 Å². The van der Waals surface area contributed by atoms with Crippen molar-refractivity contribution in [3.8, 4) is 0 Å². The predicted octanol–water partition coefficient (Wildman–Crippen LogP) is 5.74. The van der Waals surface area contributed by atoms with Gasteiger partial charge < -0.3 is 0 Å². The van der Waals surface area contributed by atoms with Gasteiger partial charge in [0.05, 0.1) is 2.88 Å². The molecular formula is C11H4Cl2F3IN2S. The third kappa shape index (κ3) is 3.84. The van der Waals surface area contributed by atoms with Crippen LogP contribution in [-0.2, 0) is 6.18 Å². The van der Waals surface area contributed by atoms with Gasteiger partial charge in [0, 0.05) is 10.6 Å². The van der Waals surface area contributed by atoms with Crippen LogP contribution in [0.2, 0.25) is 5.02 Å². The fourth-order valence-corrected chi connectivity index (χ4v) is 3.43. The van der Waals surface area contributed by atoms with Crippen LogP contribution >= 0.6 is 57.1 Å². The Morgan fingerprint density at radius 1 is 1.35 bits per heavy atom. The minimum atomic E-state index is -4.50. The zero-order valence-corrected chi connectivity index (χ0v) is 13.9. The molecule has 20 heavy (non-hydrogen) atoms. The van der Waals surface area contributed by atoms with Crippen LogP contribution in [0.5, 0.6) is 0 Å². The minimum absolute atomic E-state index is 0.0180. The number of alkyl halides is 3. The highest BCUT2D eigenvalue weighted by atomic mass is 127. The van der Waals surface area contributed by atoms with E-state index in [0.29, 0.717) is 10.6 Å². The van der Waals surface area contributed by atoms with Gasteiger partial charge in [0.25, 0.3) is 0 Å². The molecule has 0 aliphatic rings. The zero-order valence-electron chi connectivity index (χ0n) is 9.38. The second-order valence-electron chi connectivity index (χ2n) is 3.53. The number of benzene rings is 1. The highest BCUT2D eigenvalue weighted by Gasteiger charge is 2.37. The van der Waals surface area contributed by atoms with Crippen LogP contribution in [0.25, 0.3) is 0 Å². The molecule has 0 radical (unpaired) electrons. The topological polar surface area (TPSA) is 25.2 Å². The lowest BCUT2D eigenvalue weighted by Crippen LogP contribution is -2.06. The van der Waals surface area contributed by atoms with Crippen molar-refractivity contribution in [3.63, 3.8) is 0 Å². The fraction of sp³-hybridized carbons (Fsp3) is 0.0909. The molecule has 0 unspecified atom stereocenters. The molecule has 0 bridgehead atoms. The predicted molar refractivity (Wildman–Crippen MR) is 83.3 cm³/mol. The lowest BCUT2D eigenvalue weighted by Gasteiger charge is -2.01. The summed E-state index contributed by atoms with van der Waals surface area (Å²) in [6, 6.07) is 6.54. The van der Waals surface area contributed by atoms with Gasteiger partial charge in [-0.15, -0.1) is 0 Å². The lowest BCUT2D eigenvalue weighted by atomic mass is 10.2. The number of nitrogens with zero attached hydrogens (tertiary/aromatic N) is 2. The van der Waals surface area contributed by atoms with Crippen molar-refractivity contribution < 1.29 is 13.2 Å². The Balaban J connectivity index is 2.36. The van der Waals surface area contributed by atoms with Gasteiger partial charge in [0.15, 0.2) is 5.69 Å². The van der Waals surface area contributed by atoms with Crippen molar-refractivity contribution in [1.29, 1.82) is 0 Å². The van der Waals surface area contributed by atoms with Crippen molar-refractivity contribution in [2.45, 2.75) is 6.18 Å². The van der Waals surface area contributed by atoms with Crippen molar-refractivity contribution >= 4 is 67.4 Å². The second kappa shape index (κ2) is 6.17. The van der Waals surface area contributed by atoms with Gasteiger partial charge in [-0.1, -0.05) is 46.7 Å². The number of thiazole rings is 1. The fourth-order valence-electron chi connectivity index (χ4n) is 1.28. The molecule has 2 rings (SSSR count). The van der Waals surface area contributed by atoms with Gasteiger partial charge in [-0.05, 0) is 34.7 Å². The van der Waals surface area contributed by atoms with Crippen LogP contribution in [0.1, 0.15) is 11.3 Å². The third-order valence-corrected chi connectivity index (χ3v) is 4.55. The summed E-state index contributed by atoms with van der Waals surface area (Å²) >= 11 is 14.2. The summed E-state index contributed by atoms with van der Waals surface area (Å²) < 4.78 is 37.9. The Morgan fingerprint density at radius 3 is 2.60 bits per heavy atom. The smallest absolute Gasteiger partial charge is 0.213 e. The molecule has 0 saturated heterocycles. The molecule has 0 aliphatic carbocycles. The first-order chi connectivity index (χ1) is 9.27. The molecule has 1 heterocycles. The molecule has 0 atom stereocenters. The largest absolute Gasteiger partial charge is 0.435 e. The Kier molecular flexibility index (Phi) is 4.93. The molecule has 0 amide bonds. The van der Waals surface area contributed by atoms with E-state index >= 15 is 0 Å². The van der Waals surface area contributed by atoms with Gasteiger partial charge in [-0.3, -0.25) is 0 Å². The summed E-state index contributed by atoms with van der Waals surface area (Å²) in [5.41, 5.74) is -0.435. The molecule has 9 heteroatoms. The van der Waals surface area contributed by atoms with Gasteiger partial charge in [0.2, 0.25) is 5.13 Å². The highest BCUT2D eigenvalue weighted by molar-refractivity contribution is 14.1. The molecule has 0 spiro atoms. The Hall–Kier alpha value is -0.380. The van der Waals surface area contributed by atoms with Crippen molar-refractivity contribution in [1.82, 2.24) is 4.98 Å². The molecule has 1 aromatic heterocycles. The molecular weight excluding hydrogens is 447 g/mol. The monoisotopic (exact) mass is 450 g/mol. The summed E-state index contributed by atoms with van der Waals surface area (Å²) in [6.07, 6.45) is -4.50. The molecule has 0 saturated carbocycles. The maximum Gasteiger partial charge on any atom is 0.435 e. The Labute approximate surface area is 139 Å². The van der Waals surface area contributed by atoms with E-state index in [1.54, 1.807) is 46.9 Å². The first kappa shape index (κ1) is 16.0. The van der Waals surface area contributed by atoms with Crippen LogP contribution in [0.15, 0.2) is 29.3 Å². The van der Waals surface area contributed by atoms with Crippen LogP contribution in [0.3, 0.4) is 0 Å². The van der Waals surface area contributed by atoms with Gasteiger partial charge in [-0.2, -0.15) is 13.2 Å². The van der Waals surface area contributed by atoms with E-state index < -0.39 is 11.9 Å². The van der Waals surface area contributed by atoms with Gasteiger partial charge in [0.1, 0.15) is 5.17 Å². The van der Waals surface area contributed by atoms with Gasteiger partial charge in [-0.25, -0.2) is 9.98 Å². The van der Waals surface area contributed by atoms with Crippen LogP contribution in [0.4, 0.5) is 18.3 Å². The lowest BCUT2D eigenvalue weighted by molar-refractivity contribution is -0.141. The first-order valence-electron chi connectivity index (χ1n) is 5.01. The number of aliphatic imine (C=N–C) groups is 1. The summed E-state index contributed by atoms with van der Waals surface area (Å²) in [6.45, 7) is 0. The quantitative estimate of drug-likeness (QED) is 0.423. The number of hydrogen-bond acceptors (Lipinski definition) is 3. The van der Waals surface area contributed by atoms with Crippen molar-refractivity contribution in [2.24, 2.45) is 4.99 Å². The molecule has 106 valence electrons. The maximum atomic E-state index is 12.6. The van der Waals surface area contributed by atoms with Crippen molar-refractivity contribution in [2.75, 3.05) is 0 Å². The van der Waals surface area contributed by atoms with Crippen LogP contribution < -0.4 is 0 Å². The van der Waals surface area contributed by atoms with Crippen LogP contribution in [-0.4, -0.2) is 10.2 Å². The molecule has 2 nitrogen and oxygen atoms in total. The van der Waals surface area contributed by atoms with E-state index in [0.717, 1.165) is 11.3 Å². The average Bonchev–Trinajstić information content (AvgIpc) is 2.70. The molecule has 0 aliphatic heterocycles. The summed E-state index contributed by atoms with van der Waals surface area (Å²) in [5.74, 6) is 0. The van der Waals surface area contributed by atoms with Gasteiger partial charge >= 0.3 is 6.18 Å². The number of aromatic nitrogens is 1. The molecule has 0 fully saturated rings. The van der Waals surface area contributed by atoms with E-state index in [1.807, 2.05) is 0 Å². The number of halogens is 6. The SMILES string of the molecule is FC(F)(F)c1nc(N=C(Cl)c2cccc(Cl)c2)sc1I. The zero-order chi connectivity index (χ0) is 14.9. The molecule has 2 aromatic rings. The molecule has 1 aromatic carbocycles. The third-order valence-electron chi connectivity index (χ3n) is 2.10. The average molecular weight is 451 g/mol. The Morgan fingerprint density at radius 2 is 2.05 bits per heavy atom.